The highest BCUT2D eigenvalue weighted by molar-refractivity contribution is 7.19. The Hall–Kier alpha value is -11.6. The molecule has 16 aromatic rings. The second-order valence-corrected chi connectivity index (χ2v) is 26.2. The fourth-order valence-electron chi connectivity index (χ4n) is 13.5. The molecule has 0 N–H and O–H groups in total. The van der Waals surface area contributed by atoms with Crippen LogP contribution in [0.3, 0.4) is 0 Å². The predicted octanol–water partition coefficient (Wildman–Crippen LogP) is 18.3. The van der Waals surface area contributed by atoms with Crippen LogP contribution >= 0.6 is 0 Å². The average molecular weight is 1160 g/mol. The van der Waals surface area contributed by atoms with Gasteiger partial charge in [-0.15, -0.1) is 0 Å². The minimum absolute atomic E-state index is 0.940. The van der Waals surface area contributed by atoms with Crippen molar-refractivity contribution in [2.75, 3.05) is 9.80 Å². The van der Waals surface area contributed by atoms with Crippen molar-refractivity contribution >= 4 is 107 Å². The van der Waals surface area contributed by atoms with Crippen LogP contribution in [0.15, 0.2) is 352 Å². The van der Waals surface area contributed by atoms with E-state index in [1.165, 1.54) is 31.9 Å². The van der Waals surface area contributed by atoms with Crippen molar-refractivity contribution in [1.82, 2.24) is 19.1 Å². The summed E-state index contributed by atoms with van der Waals surface area (Å²) >= 11 is 0. The summed E-state index contributed by atoms with van der Waals surface area (Å²) in [6.45, 7) is 0. The molecule has 0 amide bonds. The van der Waals surface area contributed by atoms with Gasteiger partial charge in [-0.1, -0.05) is 218 Å². The molecule has 16 rings (SSSR count). The van der Waals surface area contributed by atoms with Crippen LogP contribution in [0, 0.1) is 0 Å². The zero-order valence-corrected chi connectivity index (χ0v) is 49.7. The maximum absolute atomic E-state index is 5.72. The summed E-state index contributed by atoms with van der Waals surface area (Å²) in [7, 11) is -3.30. The van der Waals surface area contributed by atoms with Gasteiger partial charge in [0.2, 0.25) is 8.07 Å². The van der Waals surface area contributed by atoms with E-state index in [2.05, 4.69) is 371 Å². The van der Waals surface area contributed by atoms with Crippen LogP contribution in [0.2, 0.25) is 0 Å². The van der Waals surface area contributed by atoms with Gasteiger partial charge in [0.25, 0.3) is 0 Å². The van der Waals surface area contributed by atoms with E-state index < -0.39 is 8.07 Å². The maximum atomic E-state index is 5.72. The molecule has 0 bridgehead atoms. The first-order valence-electron chi connectivity index (χ1n) is 30.3. The molecule has 0 aliphatic rings. The third kappa shape index (κ3) is 9.36. The van der Waals surface area contributed by atoms with Crippen molar-refractivity contribution in [3.8, 4) is 33.6 Å². The van der Waals surface area contributed by atoms with Crippen molar-refractivity contribution in [2.24, 2.45) is 0 Å². The Morgan fingerprint density at radius 2 is 0.562 bits per heavy atom. The van der Waals surface area contributed by atoms with E-state index in [-0.39, 0.29) is 0 Å². The Morgan fingerprint density at radius 1 is 0.236 bits per heavy atom. The largest absolute Gasteiger partial charge is 0.309 e. The van der Waals surface area contributed by atoms with Crippen molar-refractivity contribution in [1.29, 1.82) is 0 Å². The summed E-state index contributed by atoms with van der Waals surface area (Å²) in [6, 6.07) is 122. The van der Waals surface area contributed by atoms with Gasteiger partial charge < -0.3 is 18.9 Å². The Labute approximate surface area is 518 Å². The van der Waals surface area contributed by atoms with Gasteiger partial charge in [0.05, 0.1) is 45.8 Å². The number of fused-ring (bicyclic) bond motifs is 6. The monoisotopic (exact) mass is 1150 g/mol. The fourth-order valence-corrected chi connectivity index (χ4v) is 17.8. The molecular weight excluding hydrogens is 1100 g/mol. The van der Waals surface area contributed by atoms with Gasteiger partial charge in [-0.25, -0.2) is 0 Å². The molecular formula is C82H58N6Si. The number of anilines is 6. The van der Waals surface area contributed by atoms with Gasteiger partial charge in [0.1, 0.15) is 0 Å². The average Bonchev–Trinajstić information content (AvgIpc) is 1.80. The summed E-state index contributed by atoms with van der Waals surface area (Å²) in [6.07, 6.45) is 4.16. The summed E-state index contributed by atoms with van der Waals surface area (Å²) in [4.78, 5) is 16.2. The molecule has 4 aromatic heterocycles. The lowest BCUT2D eigenvalue weighted by molar-refractivity contribution is 1.18. The molecule has 0 unspecified atom stereocenters. The number of hydrogen-bond donors (Lipinski definition) is 0. The smallest absolute Gasteiger partial charge is 0.223 e. The molecule has 12 aromatic carbocycles. The molecule has 0 radical (unpaired) electrons. The molecule has 0 saturated carbocycles. The van der Waals surface area contributed by atoms with E-state index in [1.807, 2.05) is 0 Å². The van der Waals surface area contributed by atoms with Crippen molar-refractivity contribution in [3.63, 3.8) is 0 Å². The van der Waals surface area contributed by atoms with Gasteiger partial charge in [0.15, 0.2) is 0 Å². The Balaban J connectivity index is 0.862. The summed E-state index contributed by atoms with van der Waals surface area (Å²) in [5, 5.41) is 9.05. The highest BCUT2D eigenvalue weighted by atomic mass is 28.3. The molecule has 0 aliphatic carbocycles. The van der Waals surface area contributed by atoms with Crippen LogP contribution in [0.25, 0.3) is 77.2 Å². The van der Waals surface area contributed by atoms with Crippen molar-refractivity contribution < 1.29 is 0 Å². The standard InChI is InChI=1S/C82H58N6Si/c1-7-25-59(26-8-1)61-29-23-35-65(53-61)85(67-45-49-79-75(55-67)73-41-19-21-43-77(73)87(79)63-31-11-3-12-32-63)69-47-51-81(83-57-69)89(71-37-15-5-16-38-71,72-39-17-6-18-40-72)82-52-48-70(58-84-82)86(66-36-24-30-62(54-66)60-27-9-2-10-28-60)68-46-50-80-76(56-68)74-42-20-22-44-78(74)88(80)64-33-13-4-14-34-64/h1-58H. The molecule has 0 spiro atoms. The second-order valence-electron chi connectivity index (χ2n) is 22.6. The zero-order valence-electron chi connectivity index (χ0n) is 48.7. The van der Waals surface area contributed by atoms with E-state index in [1.54, 1.807) is 0 Å². The van der Waals surface area contributed by atoms with Gasteiger partial charge in [-0.05, 0) is 154 Å². The first-order chi connectivity index (χ1) is 44.2. The molecule has 0 saturated heterocycles. The second kappa shape index (κ2) is 22.7. The summed E-state index contributed by atoms with van der Waals surface area (Å²) in [5.41, 5.74) is 17.4. The minimum atomic E-state index is -3.30. The number of pyridine rings is 2. The topological polar surface area (TPSA) is 42.1 Å². The molecule has 89 heavy (non-hydrogen) atoms. The Morgan fingerprint density at radius 3 is 0.955 bits per heavy atom. The first-order valence-corrected chi connectivity index (χ1v) is 32.3. The number of para-hydroxylation sites is 4. The maximum Gasteiger partial charge on any atom is 0.223 e. The number of aromatic nitrogens is 4. The molecule has 4 heterocycles. The number of nitrogens with zero attached hydrogens (tertiary/aromatic N) is 6. The lowest BCUT2D eigenvalue weighted by Gasteiger charge is -2.33. The van der Waals surface area contributed by atoms with E-state index in [9.17, 15) is 0 Å². The van der Waals surface area contributed by atoms with Crippen LogP contribution in [0.4, 0.5) is 34.1 Å². The fraction of sp³-hybridized carbons (Fsp3) is 0. The third-order valence-electron chi connectivity index (χ3n) is 17.5. The molecule has 0 aliphatic heterocycles. The highest BCUT2D eigenvalue weighted by Crippen LogP contribution is 2.43. The zero-order chi connectivity index (χ0) is 59.1. The van der Waals surface area contributed by atoms with E-state index >= 15 is 0 Å². The van der Waals surface area contributed by atoms with Crippen molar-refractivity contribution in [2.45, 2.75) is 0 Å². The number of benzene rings is 12. The van der Waals surface area contributed by atoms with E-state index in [0.717, 1.165) is 100 Å². The van der Waals surface area contributed by atoms with Crippen LogP contribution in [-0.4, -0.2) is 27.2 Å². The first kappa shape index (κ1) is 52.9. The van der Waals surface area contributed by atoms with Crippen LogP contribution in [0.5, 0.6) is 0 Å². The van der Waals surface area contributed by atoms with Crippen LogP contribution in [0.1, 0.15) is 0 Å². The molecule has 7 heteroatoms. The van der Waals surface area contributed by atoms with Crippen LogP contribution in [-0.2, 0) is 0 Å². The minimum Gasteiger partial charge on any atom is -0.309 e. The summed E-state index contributed by atoms with van der Waals surface area (Å²) < 4.78 is 4.74. The van der Waals surface area contributed by atoms with Gasteiger partial charge in [0, 0.05) is 66.3 Å². The highest BCUT2D eigenvalue weighted by Gasteiger charge is 2.45. The normalized spacial score (nSPS) is 11.6. The molecule has 0 atom stereocenters. The number of hydrogen-bond acceptors (Lipinski definition) is 4. The quantitative estimate of drug-likeness (QED) is 0.102. The van der Waals surface area contributed by atoms with Crippen molar-refractivity contribution in [3.05, 3.63) is 352 Å². The Bertz CT molecular complexity index is 4840. The van der Waals surface area contributed by atoms with Gasteiger partial charge >= 0.3 is 0 Å². The predicted molar refractivity (Wildman–Crippen MR) is 375 cm³/mol. The lowest BCUT2D eigenvalue weighted by Crippen LogP contribution is -2.76. The molecule has 6 nitrogen and oxygen atoms in total. The van der Waals surface area contributed by atoms with Gasteiger partial charge in [-0.3, -0.25) is 9.97 Å². The SMILES string of the molecule is c1ccc(-c2cccc(N(c3ccc([Si](c4ccccc4)(c4ccccc4)c4ccc(N(c5cccc(-c6ccccc6)c5)c5ccc6c(c5)c5ccccc5n6-c5ccccc5)cn4)nc3)c3ccc4c(c3)c3ccccc3n4-c3ccccc3)c2)cc1. The molecule has 420 valence electrons. The summed E-state index contributed by atoms with van der Waals surface area (Å²) in [5.74, 6) is 0. The third-order valence-corrected chi connectivity index (χ3v) is 22.0. The van der Waals surface area contributed by atoms with Crippen LogP contribution < -0.4 is 30.8 Å². The molecule has 0 fully saturated rings. The lowest BCUT2D eigenvalue weighted by atomic mass is 10.0. The number of rotatable bonds is 14. The van der Waals surface area contributed by atoms with Gasteiger partial charge in [-0.2, -0.15) is 0 Å². The Kier molecular flexibility index (Phi) is 13.5. The van der Waals surface area contributed by atoms with E-state index in [0.29, 0.717) is 0 Å². The van der Waals surface area contributed by atoms with E-state index in [4.69, 9.17) is 9.97 Å².